The Labute approximate surface area is 195 Å². The fourth-order valence-electron chi connectivity index (χ4n) is 4.06. The number of carbonyl (C=O) groups is 2. The molecule has 0 spiro atoms. The van der Waals surface area contributed by atoms with Gasteiger partial charge < -0.3 is 14.7 Å². The summed E-state index contributed by atoms with van der Waals surface area (Å²) in [5.41, 5.74) is 1.76. The summed E-state index contributed by atoms with van der Waals surface area (Å²) < 4.78 is 6.24. The number of aliphatic hydroxyl groups excluding tert-OH is 1. The number of morpholine rings is 1. The summed E-state index contributed by atoms with van der Waals surface area (Å²) in [5.74, 6) is -1.36. The molecule has 2 aromatic carbocycles. The predicted molar refractivity (Wildman–Crippen MR) is 126 cm³/mol. The Kier molecular flexibility index (Phi) is 7.19. The van der Waals surface area contributed by atoms with Crippen LogP contribution in [0.1, 0.15) is 17.2 Å². The van der Waals surface area contributed by atoms with Gasteiger partial charge >= 0.3 is 0 Å². The number of aliphatic hydroxyl groups is 1. The van der Waals surface area contributed by atoms with E-state index in [4.69, 9.17) is 4.74 Å². The number of benzene rings is 2. The number of allylic oxidation sites excluding steroid dienone is 1. The van der Waals surface area contributed by atoms with Crippen molar-refractivity contribution in [1.82, 2.24) is 9.80 Å². The summed E-state index contributed by atoms with van der Waals surface area (Å²) in [5, 5.41) is 10.7. The summed E-state index contributed by atoms with van der Waals surface area (Å²) >= 11 is 3.48. The monoisotopic (exact) mass is 496 g/mol. The standard InChI is InChI=1S/C25H25BrN2O4/c26-20-8-4-7-19(17-20)23-22(21(29)10-9-18-5-2-1-3-6-18)24(30)25(31)28(23)12-11-27-13-15-32-16-14-27/h1-10,17,23,30H,11-16H2/b10-9+. The lowest BCUT2D eigenvalue weighted by atomic mass is 9.95. The van der Waals surface area contributed by atoms with Gasteiger partial charge in [0, 0.05) is 30.7 Å². The fraction of sp³-hybridized carbons (Fsp3) is 0.280. The Morgan fingerprint density at radius 1 is 1.09 bits per heavy atom. The first-order valence-corrected chi connectivity index (χ1v) is 11.4. The fourth-order valence-corrected chi connectivity index (χ4v) is 4.48. The second-order valence-corrected chi connectivity index (χ2v) is 8.70. The molecule has 2 heterocycles. The van der Waals surface area contributed by atoms with Crippen LogP contribution in [-0.2, 0) is 14.3 Å². The zero-order valence-corrected chi connectivity index (χ0v) is 19.2. The van der Waals surface area contributed by atoms with E-state index in [0.717, 1.165) is 28.7 Å². The van der Waals surface area contributed by atoms with E-state index >= 15 is 0 Å². The van der Waals surface area contributed by atoms with Crippen LogP contribution in [0.25, 0.3) is 6.08 Å². The van der Waals surface area contributed by atoms with Crippen LogP contribution in [0.4, 0.5) is 0 Å². The average molecular weight is 497 g/mol. The molecule has 0 radical (unpaired) electrons. The molecule has 4 rings (SSSR count). The zero-order valence-electron chi connectivity index (χ0n) is 17.6. The van der Waals surface area contributed by atoms with Crippen molar-refractivity contribution >= 4 is 33.7 Å². The van der Waals surface area contributed by atoms with E-state index in [9.17, 15) is 14.7 Å². The highest BCUT2D eigenvalue weighted by atomic mass is 79.9. The van der Waals surface area contributed by atoms with Crippen molar-refractivity contribution < 1.29 is 19.4 Å². The molecule has 6 nitrogen and oxygen atoms in total. The molecule has 2 aromatic rings. The van der Waals surface area contributed by atoms with Gasteiger partial charge in [-0.1, -0.05) is 64.5 Å². The van der Waals surface area contributed by atoms with Gasteiger partial charge in [0.1, 0.15) is 0 Å². The van der Waals surface area contributed by atoms with Gasteiger partial charge in [0.05, 0.1) is 24.8 Å². The number of hydrogen-bond acceptors (Lipinski definition) is 5. The van der Waals surface area contributed by atoms with E-state index in [0.29, 0.717) is 26.3 Å². The molecule has 1 atom stereocenters. The lowest BCUT2D eigenvalue weighted by Crippen LogP contribution is -2.43. The first kappa shape index (κ1) is 22.5. The first-order valence-electron chi connectivity index (χ1n) is 10.6. The minimum absolute atomic E-state index is 0.113. The van der Waals surface area contributed by atoms with Crippen LogP contribution in [0.3, 0.4) is 0 Å². The number of halogens is 1. The van der Waals surface area contributed by atoms with Gasteiger partial charge in [-0.05, 0) is 29.3 Å². The highest BCUT2D eigenvalue weighted by molar-refractivity contribution is 9.10. The molecule has 0 aromatic heterocycles. The van der Waals surface area contributed by atoms with Crippen LogP contribution >= 0.6 is 15.9 Å². The Bertz CT molecular complexity index is 1040. The smallest absolute Gasteiger partial charge is 0.290 e. The first-order chi connectivity index (χ1) is 15.5. The molecule has 32 heavy (non-hydrogen) atoms. The van der Waals surface area contributed by atoms with E-state index in [-0.39, 0.29) is 11.4 Å². The molecule has 0 bridgehead atoms. The lowest BCUT2D eigenvalue weighted by Gasteiger charge is -2.31. The average Bonchev–Trinajstić information content (AvgIpc) is 3.07. The van der Waals surface area contributed by atoms with Gasteiger partial charge in [0.25, 0.3) is 5.91 Å². The summed E-state index contributed by atoms with van der Waals surface area (Å²) in [6.45, 7) is 3.98. The number of ether oxygens (including phenoxy) is 1. The van der Waals surface area contributed by atoms with E-state index < -0.39 is 17.7 Å². The third kappa shape index (κ3) is 5.01. The summed E-state index contributed by atoms with van der Waals surface area (Å²) in [4.78, 5) is 30.0. The van der Waals surface area contributed by atoms with Crippen molar-refractivity contribution in [3.8, 4) is 0 Å². The predicted octanol–water partition coefficient (Wildman–Crippen LogP) is 3.76. The number of rotatable bonds is 7. The topological polar surface area (TPSA) is 70.1 Å². The second-order valence-electron chi connectivity index (χ2n) is 7.78. The molecule has 0 aliphatic carbocycles. The van der Waals surface area contributed by atoms with Gasteiger partial charge in [-0.25, -0.2) is 0 Å². The third-order valence-corrected chi connectivity index (χ3v) is 6.21. The minimum Gasteiger partial charge on any atom is -0.503 e. The van der Waals surface area contributed by atoms with Crippen LogP contribution in [0, 0.1) is 0 Å². The maximum Gasteiger partial charge on any atom is 0.290 e. The van der Waals surface area contributed by atoms with Crippen molar-refractivity contribution in [2.45, 2.75) is 6.04 Å². The zero-order chi connectivity index (χ0) is 22.5. The largest absolute Gasteiger partial charge is 0.503 e. The van der Waals surface area contributed by atoms with Crippen molar-refractivity contribution in [2.24, 2.45) is 0 Å². The maximum atomic E-state index is 13.2. The van der Waals surface area contributed by atoms with Gasteiger partial charge in [0.2, 0.25) is 0 Å². The summed E-state index contributed by atoms with van der Waals surface area (Å²) in [7, 11) is 0. The second kappa shape index (κ2) is 10.3. The quantitative estimate of drug-likeness (QED) is 0.591. The molecule has 7 heteroatoms. The van der Waals surface area contributed by atoms with E-state index in [1.807, 2.05) is 54.6 Å². The van der Waals surface area contributed by atoms with Crippen LogP contribution in [0.2, 0.25) is 0 Å². The molecule has 1 amide bonds. The molecule has 1 unspecified atom stereocenters. The lowest BCUT2D eigenvalue weighted by molar-refractivity contribution is -0.129. The summed E-state index contributed by atoms with van der Waals surface area (Å²) in [6, 6.07) is 16.3. The van der Waals surface area contributed by atoms with Gasteiger partial charge in [0.15, 0.2) is 11.5 Å². The minimum atomic E-state index is -0.644. The van der Waals surface area contributed by atoms with Crippen LogP contribution in [0.5, 0.6) is 0 Å². The Morgan fingerprint density at radius 3 is 2.56 bits per heavy atom. The maximum absolute atomic E-state index is 13.2. The molecular weight excluding hydrogens is 472 g/mol. The van der Waals surface area contributed by atoms with Gasteiger partial charge in [-0.15, -0.1) is 0 Å². The Hall–Kier alpha value is -2.74. The molecular formula is C25H25BrN2O4. The van der Waals surface area contributed by atoms with Crippen molar-refractivity contribution in [3.63, 3.8) is 0 Å². The van der Waals surface area contributed by atoms with E-state index in [1.54, 1.807) is 11.0 Å². The SMILES string of the molecule is O=C(/C=C/c1ccccc1)C1=C(O)C(=O)N(CCN2CCOCC2)C1c1cccc(Br)c1. The summed E-state index contributed by atoms with van der Waals surface area (Å²) in [6.07, 6.45) is 3.12. The number of ketones is 1. The number of carbonyl (C=O) groups excluding carboxylic acids is 2. The number of nitrogens with zero attached hydrogens (tertiary/aromatic N) is 2. The van der Waals surface area contributed by atoms with Crippen LogP contribution < -0.4 is 0 Å². The van der Waals surface area contributed by atoms with Gasteiger partial charge in [-0.2, -0.15) is 0 Å². The van der Waals surface area contributed by atoms with Crippen molar-refractivity contribution in [1.29, 1.82) is 0 Å². The number of hydrogen-bond donors (Lipinski definition) is 1. The molecule has 2 aliphatic rings. The van der Waals surface area contributed by atoms with Crippen LogP contribution in [0.15, 0.2) is 76.5 Å². The highest BCUT2D eigenvalue weighted by Gasteiger charge is 2.42. The molecule has 1 N–H and O–H groups in total. The molecule has 1 fully saturated rings. The van der Waals surface area contributed by atoms with Crippen LogP contribution in [-0.4, -0.2) is 66.0 Å². The third-order valence-electron chi connectivity index (χ3n) is 5.72. The Balaban J connectivity index is 1.62. The van der Waals surface area contributed by atoms with Crippen molar-refractivity contribution in [3.05, 3.63) is 87.6 Å². The molecule has 166 valence electrons. The Morgan fingerprint density at radius 2 is 1.84 bits per heavy atom. The highest BCUT2D eigenvalue weighted by Crippen LogP contribution is 2.38. The molecule has 2 aliphatic heterocycles. The number of amides is 1. The molecule has 1 saturated heterocycles. The van der Waals surface area contributed by atoms with Gasteiger partial charge in [-0.3, -0.25) is 14.5 Å². The normalized spacial score (nSPS) is 19.8. The van der Waals surface area contributed by atoms with E-state index in [2.05, 4.69) is 20.8 Å². The van der Waals surface area contributed by atoms with Crippen molar-refractivity contribution in [2.75, 3.05) is 39.4 Å². The molecule has 0 saturated carbocycles. The van der Waals surface area contributed by atoms with E-state index in [1.165, 1.54) is 6.08 Å².